The van der Waals surface area contributed by atoms with Crippen LogP contribution in [-0.4, -0.2) is 39.6 Å². The number of methoxy groups -OCH3 is 1. The maximum Gasteiger partial charge on any atom is 0.305 e. The molecule has 0 radical (unpaired) electrons. The van der Waals surface area contributed by atoms with Gasteiger partial charge in [0, 0.05) is 13.5 Å². The number of benzene rings is 1. The van der Waals surface area contributed by atoms with Gasteiger partial charge < -0.3 is 15.4 Å². The van der Waals surface area contributed by atoms with Crippen LogP contribution >= 0.6 is 0 Å². The Morgan fingerprint density at radius 2 is 1.48 bits per heavy atom. The first kappa shape index (κ1) is 30.9. The lowest BCUT2D eigenvalue weighted by atomic mass is 10.1. The van der Waals surface area contributed by atoms with Crippen molar-refractivity contribution in [2.45, 2.75) is 54.9 Å². The summed E-state index contributed by atoms with van der Waals surface area (Å²) >= 11 is 0. The van der Waals surface area contributed by atoms with Crippen molar-refractivity contribution < 1.29 is 14.3 Å². The molecule has 5 nitrogen and oxygen atoms in total. The fraction of sp³-hybridized carbons (Fsp3) is 0.600. The molecule has 1 amide bonds. The predicted octanol–water partition coefficient (Wildman–Crippen LogP) is 3.74. The van der Waals surface area contributed by atoms with Crippen LogP contribution in [0.1, 0.15) is 52.7 Å². The monoisotopic (exact) mass is 356 g/mol. The van der Waals surface area contributed by atoms with Gasteiger partial charge in [-0.3, -0.25) is 9.59 Å². The van der Waals surface area contributed by atoms with Crippen LogP contribution in [0.2, 0.25) is 0 Å². The Morgan fingerprint density at radius 1 is 1.00 bits per heavy atom. The van der Waals surface area contributed by atoms with Gasteiger partial charge in [-0.05, 0) is 26.0 Å². The lowest BCUT2D eigenvalue weighted by Gasteiger charge is -2.00. The number of aryl methyl sites for hydroxylation is 2. The number of carbonyl (C=O) groups excluding carboxylic acids is 2. The molecule has 1 aromatic rings. The Hall–Kier alpha value is -1.88. The van der Waals surface area contributed by atoms with Crippen molar-refractivity contribution in [1.29, 1.82) is 0 Å². The first-order chi connectivity index (χ1) is 11.5. The molecule has 0 aromatic heterocycles. The lowest BCUT2D eigenvalue weighted by molar-refractivity contribution is -0.140. The molecule has 1 aromatic carbocycles. The van der Waals surface area contributed by atoms with E-state index in [1.807, 2.05) is 58.9 Å². The highest BCUT2D eigenvalue weighted by Crippen LogP contribution is 2.05. The molecular formula is C20H40N2O3. The molecule has 0 heterocycles. The average molecular weight is 357 g/mol. The molecule has 1 rings (SSSR count). The van der Waals surface area contributed by atoms with Gasteiger partial charge in [-0.25, -0.2) is 0 Å². The van der Waals surface area contributed by atoms with E-state index >= 15 is 0 Å². The number of hydrogen-bond acceptors (Lipinski definition) is 4. The number of hydrogen-bond donors (Lipinski definition) is 2. The molecule has 5 heteroatoms. The normalized spacial score (nSPS) is 7.84. The second kappa shape index (κ2) is 24.4. The van der Waals surface area contributed by atoms with E-state index in [1.54, 1.807) is 14.1 Å². The van der Waals surface area contributed by atoms with E-state index in [2.05, 4.69) is 15.4 Å². The number of ether oxygens (including phenoxy) is 1. The van der Waals surface area contributed by atoms with E-state index in [9.17, 15) is 9.59 Å². The van der Waals surface area contributed by atoms with E-state index in [1.165, 1.54) is 18.2 Å². The third-order valence-electron chi connectivity index (χ3n) is 2.58. The maximum atomic E-state index is 10.8. The summed E-state index contributed by atoms with van der Waals surface area (Å²) in [6.45, 7) is 10.4. The van der Waals surface area contributed by atoms with E-state index in [-0.39, 0.29) is 19.3 Å². The fourth-order valence-electron chi connectivity index (χ4n) is 1.35. The van der Waals surface area contributed by atoms with Crippen molar-refractivity contribution in [2.24, 2.45) is 0 Å². The standard InChI is InChI=1S/C11H14O2.C4H10N2O.2C2H6.CH4/c1-9-3-5-10(6-4-9)7-8-11(12)13-2;1-5-3-4(7)6-2;2*1-2;/h3-6H,7-8H2,1-2H3;5H,3H2,1-2H3,(H,6,7);2*1-2H3;1H4. The highest BCUT2D eigenvalue weighted by atomic mass is 16.5. The Balaban J connectivity index is -0.000000158. The van der Waals surface area contributed by atoms with Gasteiger partial charge in [0.2, 0.25) is 5.91 Å². The van der Waals surface area contributed by atoms with Crippen molar-refractivity contribution >= 4 is 11.9 Å². The van der Waals surface area contributed by atoms with Crippen LogP contribution < -0.4 is 10.6 Å². The van der Waals surface area contributed by atoms with Crippen LogP contribution in [-0.2, 0) is 20.7 Å². The van der Waals surface area contributed by atoms with Gasteiger partial charge >= 0.3 is 5.97 Å². The summed E-state index contributed by atoms with van der Waals surface area (Å²) in [5, 5.41) is 5.17. The zero-order chi connectivity index (χ0) is 19.4. The Labute approximate surface area is 155 Å². The lowest BCUT2D eigenvalue weighted by Crippen LogP contribution is -2.28. The van der Waals surface area contributed by atoms with Crippen molar-refractivity contribution in [3.8, 4) is 0 Å². The minimum absolute atomic E-state index is 0. The molecule has 25 heavy (non-hydrogen) atoms. The van der Waals surface area contributed by atoms with Gasteiger partial charge in [-0.1, -0.05) is 65.0 Å². The fourth-order valence-corrected chi connectivity index (χ4v) is 1.35. The number of amides is 1. The first-order valence-electron chi connectivity index (χ1n) is 8.51. The minimum atomic E-state index is -0.152. The third-order valence-corrected chi connectivity index (χ3v) is 2.58. The topological polar surface area (TPSA) is 67.4 Å². The van der Waals surface area contributed by atoms with Crippen LogP contribution in [0, 0.1) is 6.92 Å². The summed E-state index contributed by atoms with van der Waals surface area (Å²) < 4.78 is 4.56. The average Bonchev–Trinajstić information content (AvgIpc) is 2.65. The Morgan fingerprint density at radius 3 is 1.80 bits per heavy atom. The number of esters is 1. The van der Waals surface area contributed by atoms with E-state index in [0.29, 0.717) is 13.0 Å². The van der Waals surface area contributed by atoms with Crippen LogP contribution in [0.25, 0.3) is 0 Å². The predicted molar refractivity (Wildman–Crippen MR) is 109 cm³/mol. The van der Waals surface area contributed by atoms with Gasteiger partial charge in [0.1, 0.15) is 0 Å². The highest BCUT2D eigenvalue weighted by Gasteiger charge is 2.00. The molecular weight excluding hydrogens is 316 g/mol. The quantitative estimate of drug-likeness (QED) is 0.789. The highest BCUT2D eigenvalue weighted by molar-refractivity contribution is 5.77. The number of likely N-dealkylation sites (N-methyl/N-ethyl adjacent to an activating group) is 2. The second-order valence-electron chi connectivity index (χ2n) is 4.27. The molecule has 0 atom stereocenters. The molecule has 0 aliphatic carbocycles. The molecule has 0 saturated heterocycles. The SMILES string of the molecule is C.CC.CC.CNCC(=O)NC.COC(=O)CCc1ccc(C)cc1. The Bertz CT molecular complexity index is 404. The van der Waals surface area contributed by atoms with Crippen molar-refractivity contribution in [3.05, 3.63) is 35.4 Å². The second-order valence-corrected chi connectivity index (χ2v) is 4.27. The minimum Gasteiger partial charge on any atom is -0.469 e. The third kappa shape index (κ3) is 22.1. The van der Waals surface area contributed by atoms with E-state index < -0.39 is 0 Å². The molecule has 0 aliphatic heterocycles. The van der Waals surface area contributed by atoms with Crippen LogP contribution in [0.4, 0.5) is 0 Å². The summed E-state index contributed by atoms with van der Waals surface area (Å²) in [5.41, 5.74) is 2.41. The zero-order valence-corrected chi connectivity index (χ0v) is 16.7. The van der Waals surface area contributed by atoms with Gasteiger partial charge in [-0.2, -0.15) is 0 Å². The van der Waals surface area contributed by atoms with Crippen molar-refractivity contribution in [1.82, 2.24) is 10.6 Å². The van der Waals surface area contributed by atoms with E-state index in [4.69, 9.17) is 0 Å². The molecule has 0 aliphatic rings. The zero-order valence-electron chi connectivity index (χ0n) is 16.7. The van der Waals surface area contributed by atoms with Gasteiger partial charge in [0.05, 0.1) is 13.7 Å². The molecule has 0 spiro atoms. The summed E-state index contributed by atoms with van der Waals surface area (Å²) in [7, 11) is 4.76. The number of rotatable bonds is 5. The van der Waals surface area contributed by atoms with E-state index in [0.717, 1.165) is 6.42 Å². The van der Waals surface area contributed by atoms with Crippen LogP contribution in [0.3, 0.4) is 0 Å². The first-order valence-corrected chi connectivity index (χ1v) is 8.51. The van der Waals surface area contributed by atoms with Crippen molar-refractivity contribution in [3.63, 3.8) is 0 Å². The molecule has 148 valence electrons. The largest absolute Gasteiger partial charge is 0.469 e. The summed E-state index contributed by atoms with van der Waals surface area (Å²) in [6, 6.07) is 8.18. The summed E-state index contributed by atoms with van der Waals surface area (Å²) in [6.07, 6.45) is 1.21. The smallest absolute Gasteiger partial charge is 0.305 e. The number of nitrogens with one attached hydrogen (secondary N) is 2. The molecule has 2 N–H and O–H groups in total. The molecule has 0 saturated carbocycles. The van der Waals surface area contributed by atoms with Crippen molar-refractivity contribution in [2.75, 3.05) is 27.7 Å². The van der Waals surface area contributed by atoms with Gasteiger partial charge in [0.25, 0.3) is 0 Å². The summed E-state index contributed by atoms with van der Waals surface area (Å²) in [5.74, 6) is -0.136. The van der Waals surface area contributed by atoms with Gasteiger partial charge in [0.15, 0.2) is 0 Å². The summed E-state index contributed by atoms with van der Waals surface area (Å²) in [4.78, 5) is 21.1. The van der Waals surface area contributed by atoms with Gasteiger partial charge in [-0.15, -0.1) is 0 Å². The maximum absolute atomic E-state index is 10.8. The molecule has 0 fully saturated rings. The van der Waals surface area contributed by atoms with Crippen LogP contribution in [0.5, 0.6) is 0 Å². The molecule has 0 unspecified atom stereocenters. The number of carbonyl (C=O) groups is 2. The van der Waals surface area contributed by atoms with Crippen LogP contribution in [0.15, 0.2) is 24.3 Å². The molecule has 0 bridgehead atoms. The Kier molecular flexibility index (Phi) is 30.2.